The number of aromatic nitrogens is 3. The van der Waals surface area contributed by atoms with Gasteiger partial charge >= 0.3 is 0 Å². The quantitative estimate of drug-likeness (QED) is 0.606. The number of benzene rings is 1. The number of nitrogens with zero attached hydrogens (tertiary/aromatic N) is 4. The number of likely N-dealkylation sites (tertiary alicyclic amines) is 1. The average Bonchev–Trinajstić information content (AvgIpc) is 3.65. The molecule has 158 valence electrons. The van der Waals surface area contributed by atoms with Gasteiger partial charge in [0.25, 0.3) is 0 Å². The highest BCUT2D eigenvalue weighted by atomic mass is 19.1. The first-order chi connectivity index (χ1) is 15.2. The SMILES string of the molecule is O=C(C1CC1)N1CCC[C@H](c2cc(Oc3cccc(F)c3)nc(-c3cccnc3)n2)C1. The lowest BCUT2D eigenvalue weighted by Gasteiger charge is -2.32. The Morgan fingerprint density at radius 3 is 2.77 bits per heavy atom. The number of ether oxygens (including phenoxy) is 1. The van der Waals surface area contributed by atoms with Gasteiger partial charge in [0.15, 0.2) is 5.82 Å². The van der Waals surface area contributed by atoms with Crippen LogP contribution in [-0.2, 0) is 4.79 Å². The van der Waals surface area contributed by atoms with Gasteiger partial charge in [0, 0.05) is 55.0 Å². The van der Waals surface area contributed by atoms with Crippen molar-refractivity contribution in [3.05, 3.63) is 66.4 Å². The van der Waals surface area contributed by atoms with E-state index >= 15 is 0 Å². The zero-order valence-corrected chi connectivity index (χ0v) is 17.1. The predicted octanol–water partition coefficient (Wildman–Crippen LogP) is 4.59. The Morgan fingerprint density at radius 1 is 1.10 bits per heavy atom. The molecule has 6 nitrogen and oxygen atoms in total. The number of hydrogen-bond acceptors (Lipinski definition) is 5. The minimum absolute atomic E-state index is 0.102. The number of halogens is 1. The van der Waals surface area contributed by atoms with Crippen LogP contribution in [0.3, 0.4) is 0 Å². The van der Waals surface area contributed by atoms with Gasteiger partial charge in [-0.15, -0.1) is 0 Å². The van der Waals surface area contributed by atoms with Crippen LogP contribution in [0.2, 0.25) is 0 Å². The lowest BCUT2D eigenvalue weighted by atomic mass is 9.94. The number of amides is 1. The molecule has 0 unspecified atom stereocenters. The van der Waals surface area contributed by atoms with Crippen LogP contribution in [-0.4, -0.2) is 38.8 Å². The van der Waals surface area contributed by atoms with E-state index in [0.29, 0.717) is 24.0 Å². The molecule has 0 N–H and O–H groups in total. The third kappa shape index (κ3) is 4.55. The summed E-state index contributed by atoms with van der Waals surface area (Å²) in [6, 6.07) is 11.5. The number of carbonyl (C=O) groups excluding carboxylic acids is 1. The molecule has 5 rings (SSSR count). The Hall–Kier alpha value is -3.35. The highest BCUT2D eigenvalue weighted by molar-refractivity contribution is 5.81. The summed E-state index contributed by atoms with van der Waals surface area (Å²) in [4.78, 5) is 28.1. The Bertz CT molecular complexity index is 1090. The molecule has 1 aromatic carbocycles. The summed E-state index contributed by atoms with van der Waals surface area (Å²) in [5.41, 5.74) is 1.60. The second kappa shape index (κ2) is 8.41. The molecule has 2 aromatic heterocycles. The average molecular weight is 418 g/mol. The van der Waals surface area contributed by atoms with Gasteiger partial charge < -0.3 is 9.64 Å². The van der Waals surface area contributed by atoms with Crippen LogP contribution >= 0.6 is 0 Å². The topological polar surface area (TPSA) is 68.2 Å². The molecule has 1 aliphatic heterocycles. The number of carbonyl (C=O) groups is 1. The standard InChI is InChI=1S/C24H23FN4O2/c25-19-6-1-7-20(12-19)31-22-13-21(27-23(28-22)17-4-2-10-26-14-17)18-5-3-11-29(15-18)24(30)16-8-9-16/h1-2,4,6-7,10,12-14,16,18H,3,5,8-9,11,15H2/t18-/m0/s1. The smallest absolute Gasteiger partial charge is 0.225 e. The summed E-state index contributed by atoms with van der Waals surface area (Å²) in [5, 5.41) is 0. The summed E-state index contributed by atoms with van der Waals surface area (Å²) in [5.74, 6) is 1.42. The first-order valence-electron chi connectivity index (χ1n) is 10.7. The maximum atomic E-state index is 13.6. The molecule has 1 atom stereocenters. The summed E-state index contributed by atoms with van der Waals surface area (Å²) >= 11 is 0. The summed E-state index contributed by atoms with van der Waals surface area (Å²) < 4.78 is 19.5. The maximum absolute atomic E-state index is 13.6. The summed E-state index contributed by atoms with van der Waals surface area (Å²) in [6.07, 6.45) is 7.29. The van der Waals surface area contributed by atoms with Gasteiger partial charge in [-0.05, 0) is 49.9 Å². The Morgan fingerprint density at radius 2 is 2.00 bits per heavy atom. The van der Waals surface area contributed by atoms with Crippen LogP contribution in [0.4, 0.5) is 4.39 Å². The third-order valence-corrected chi connectivity index (χ3v) is 5.74. The van der Waals surface area contributed by atoms with Crippen LogP contribution < -0.4 is 4.74 Å². The van der Waals surface area contributed by atoms with Crippen LogP contribution in [0.5, 0.6) is 11.6 Å². The fraction of sp³-hybridized carbons (Fsp3) is 0.333. The predicted molar refractivity (Wildman–Crippen MR) is 113 cm³/mol. The van der Waals surface area contributed by atoms with Gasteiger partial charge in [-0.3, -0.25) is 9.78 Å². The van der Waals surface area contributed by atoms with Crippen molar-refractivity contribution in [2.75, 3.05) is 13.1 Å². The van der Waals surface area contributed by atoms with Crippen molar-refractivity contribution in [3.8, 4) is 23.0 Å². The Kier molecular flexibility index (Phi) is 5.32. The molecule has 0 radical (unpaired) electrons. The Labute approximate surface area is 180 Å². The van der Waals surface area contributed by atoms with Gasteiger partial charge in [0.1, 0.15) is 11.6 Å². The highest BCUT2D eigenvalue weighted by Crippen LogP contribution is 2.35. The van der Waals surface area contributed by atoms with Crippen LogP contribution in [0.15, 0.2) is 54.9 Å². The molecule has 31 heavy (non-hydrogen) atoms. The molecule has 3 heterocycles. The van der Waals surface area contributed by atoms with Crippen molar-refractivity contribution >= 4 is 5.91 Å². The van der Waals surface area contributed by atoms with Gasteiger partial charge in [-0.2, -0.15) is 4.98 Å². The molecule has 0 bridgehead atoms. The van der Waals surface area contributed by atoms with E-state index in [1.165, 1.54) is 12.1 Å². The molecule has 1 saturated heterocycles. The Balaban J connectivity index is 1.47. The van der Waals surface area contributed by atoms with E-state index in [-0.39, 0.29) is 23.6 Å². The van der Waals surface area contributed by atoms with Crippen molar-refractivity contribution in [2.24, 2.45) is 5.92 Å². The van der Waals surface area contributed by atoms with E-state index in [1.807, 2.05) is 17.0 Å². The molecular formula is C24H23FN4O2. The zero-order valence-electron chi connectivity index (χ0n) is 17.1. The normalized spacial score (nSPS) is 18.6. The number of rotatable bonds is 5. The number of piperidine rings is 1. The molecule has 2 fully saturated rings. The van der Waals surface area contributed by atoms with E-state index in [9.17, 15) is 9.18 Å². The molecule has 0 spiro atoms. The van der Waals surface area contributed by atoms with Gasteiger partial charge in [-0.25, -0.2) is 9.37 Å². The largest absolute Gasteiger partial charge is 0.439 e. The molecule has 1 amide bonds. The van der Waals surface area contributed by atoms with E-state index in [1.54, 1.807) is 30.6 Å². The number of hydrogen-bond donors (Lipinski definition) is 0. The lowest BCUT2D eigenvalue weighted by molar-refractivity contribution is -0.133. The van der Waals surface area contributed by atoms with Gasteiger partial charge in [-0.1, -0.05) is 6.07 Å². The van der Waals surface area contributed by atoms with E-state index in [4.69, 9.17) is 9.72 Å². The van der Waals surface area contributed by atoms with Crippen LogP contribution in [0.25, 0.3) is 11.4 Å². The van der Waals surface area contributed by atoms with Gasteiger partial charge in [0.05, 0.1) is 5.69 Å². The summed E-state index contributed by atoms with van der Waals surface area (Å²) in [7, 11) is 0. The van der Waals surface area contributed by atoms with E-state index < -0.39 is 0 Å². The van der Waals surface area contributed by atoms with Crippen molar-refractivity contribution < 1.29 is 13.9 Å². The molecule has 3 aromatic rings. The first-order valence-corrected chi connectivity index (χ1v) is 10.7. The summed E-state index contributed by atoms with van der Waals surface area (Å²) in [6.45, 7) is 1.46. The van der Waals surface area contributed by atoms with Crippen molar-refractivity contribution in [1.82, 2.24) is 19.9 Å². The second-order valence-electron chi connectivity index (χ2n) is 8.15. The van der Waals surface area contributed by atoms with E-state index in [0.717, 1.165) is 43.5 Å². The van der Waals surface area contributed by atoms with Crippen LogP contribution in [0.1, 0.15) is 37.3 Å². The van der Waals surface area contributed by atoms with Crippen molar-refractivity contribution in [3.63, 3.8) is 0 Å². The maximum Gasteiger partial charge on any atom is 0.225 e. The monoisotopic (exact) mass is 418 g/mol. The molecule has 7 heteroatoms. The zero-order chi connectivity index (χ0) is 21.2. The molecule has 1 saturated carbocycles. The molecule has 2 aliphatic rings. The van der Waals surface area contributed by atoms with Crippen molar-refractivity contribution in [2.45, 2.75) is 31.6 Å². The second-order valence-corrected chi connectivity index (χ2v) is 8.15. The van der Waals surface area contributed by atoms with E-state index in [2.05, 4.69) is 9.97 Å². The fourth-order valence-corrected chi connectivity index (χ4v) is 3.99. The van der Waals surface area contributed by atoms with Gasteiger partial charge in [0.2, 0.25) is 11.8 Å². The molecular weight excluding hydrogens is 395 g/mol. The number of pyridine rings is 1. The minimum atomic E-state index is -0.374. The first kappa shape index (κ1) is 19.6. The molecule has 1 aliphatic carbocycles. The van der Waals surface area contributed by atoms with Crippen LogP contribution in [0, 0.1) is 11.7 Å². The van der Waals surface area contributed by atoms with Crippen molar-refractivity contribution in [1.29, 1.82) is 0 Å². The minimum Gasteiger partial charge on any atom is -0.439 e. The lowest BCUT2D eigenvalue weighted by Crippen LogP contribution is -2.40. The fourth-order valence-electron chi connectivity index (χ4n) is 3.99. The third-order valence-electron chi connectivity index (χ3n) is 5.74. The highest BCUT2D eigenvalue weighted by Gasteiger charge is 2.36.